The molecule has 1 aliphatic heterocycles. The van der Waals surface area contributed by atoms with E-state index in [2.05, 4.69) is 0 Å². The van der Waals surface area contributed by atoms with E-state index >= 15 is 0 Å². The van der Waals surface area contributed by atoms with Crippen molar-refractivity contribution in [1.29, 1.82) is 0 Å². The summed E-state index contributed by atoms with van der Waals surface area (Å²) in [5.74, 6) is 0. The second-order valence-corrected chi connectivity index (χ2v) is 9.22. The lowest BCUT2D eigenvalue weighted by atomic mass is 10.2. The molecular formula is C17H25N3O6S. The Balaban J connectivity index is 2.16. The molecule has 1 aliphatic rings. The first kappa shape index (κ1) is 21.1. The van der Waals surface area contributed by atoms with E-state index in [0.717, 1.165) is 0 Å². The number of amides is 1. The molecule has 1 atom stereocenters. The number of carbonyl (C=O) groups is 1. The molecular weight excluding hydrogens is 374 g/mol. The van der Waals surface area contributed by atoms with Crippen LogP contribution in [0.1, 0.15) is 34.1 Å². The van der Waals surface area contributed by atoms with E-state index in [9.17, 15) is 23.3 Å². The summed E-state index contributed by atoms with van der Waals surface area (Å²) in [5.41, 5.74) is -0.793. The first-order valence-electron chi connectivity index (χ1n) is 8.70. The van der Waals surface area contributed by atoms with E-state index in [-0.39, 0.29) is 29.7 Å². The molecule has 1 fully saturated rings. The minimum absolute atomic E-state index is 0.00864. The smallest absolute Gasteiger partial charge is 0.410 e. The molecule has 0 bridgehead atoms. The third kappa shape index (κ3) is 4.95. The van der Waals surface area contributed by atoms with Gasteiger partial charge in [0.15, 0.2) is 0 Å². The lowest BCUT2D eigenvalue weighted by Gasteiger charge is -2.28. The molecule has 0 spiro atoms. The van der Waals surface area contributed by atoms with Crippen LogP contribution < -0.4 is 0 Å². The van der Waals surface area contributed by atoms with Crippen molar-refractivity contribution in [3.63, 3.8) is 0 Å². The third-order valence-electron chi connectivity index (χ3n) is 4.19. The third-order valence-corrected chi connectivity index (χ3v) is 6.23. The first-order chi connectivity index (χ1) is 12.5. The summed E-state index contributed by atoms with van der Waals surface area (Å²) in [6.07, 6.45) is 0.0352. The van der Waals surface area contributed by atoms with Crippen LogP contribution in [-0.2, 0) is 14.8 Å². The number of rotatable bonds is 5. The van der Waals surface area contributed by atoms with Gasteiger partial charge in [-0.05, 0) is 39.3 Å². The number of ether oxygens (including phenoxy) is 1. The summed E-state index contributed by atoms with van der Waals surface area (Å²) in [6.45, 7) is 7.92. The topological polar surface area (TPSA) is 110 Å². The summed E-state index contributed by atoms with van der Waals surface area (Å²) in [6, 6.07) is 4.43. The van der Waals surface area contributed by atoms with E-state index in [1.54, 1.807) is 27.7 Å². The van der Waals surface area contributed by atoms with Crippen molar-refractivity contribution in [3.8, 4) is 0 Å². The maximum atomic E-state index is 13.0. The molecule has 0 unspecified atom stereocenters. The number of nitro groups is 1. The molecule has 0 N–H and O–H groups in total. The highest BCUT2D eigenvalue weighted by Gasteiger charge is 2.37. The molecule has 1 saturated heterocycles. The summed E-state index contributed by atoms with van der Waals surface area (Å²) in [4.78, 5) is 23.9. The molecule has 1 heterocycles. The molecule has 0 saturated carbocycles. The van der Waals surface area contributed by atoms with Crippen LogP contribution in [0.2, 0.25) is 0 Å². The summed E-state index contributed by atoms with van der Waals surface area (Å²) in [7, 11) is -3.83. The molecule has 0 aliphatic carbocycles. The molecule has 1 aromatic carbocycles. The number of nitro benzene ring substituents is 1. The van der Waals surface area contributed by atoms with Crippen LogP contribution in [0.15, 0.2) is 29.2 Å². The average Bonchev–Trinajstić information content (AvgIpc) is 3.03. The maximum absolute atomic E-state index is 13.0. The number of hydrogen-bond donors (Lipinski definition) is 0. The lowest BCUT2D eigenvalue weighted by molar-refractivity contribution is -0.384. The first-order valence-corrected chi connectivity index (χ1v) is 10.1. The van der Waals surface area contributed by atoms with E-state index < -0.39 is 26.6 Å². The number of benzene rings is 1. The van der Waals surface area contributed by atoms with Crippen LogP contribution in [-0.4, -0.2) is 59.9 Å². The Hall–Kier alpha value is -2.20. The van der Waals surface area contributed by atoms with Gasteiger partial charge in [-0.2, -0.15) is 4.31 Å². The number of non-ortho nitro benzene ring substituents is 1. The Bertz CT molecular complexity index is 801. The van der Waals surface area contributed by atoms with Crippen LogP contribution >= 0.6 is 0 Å². The highest BCUT2D eigenvalue weighted by Crippen LogP contribution is 2.26. The monoisotopic (exact) mass is 399 g/mol. The fourth-order valence-corrected chi connectivity index (χ4v) is 4.62. The molecule has 1 aromatic rings. The molecule has 9 nitrogen and oxygen atoms in total. The largest absolute Gasteiger partial charge is 0.444 e. The van der Waals surface area contributed by atoms with Crippen LogP contribution in [0.3, 0.4) is 0 Å². The molecule has 0 aromatic heterocycles. The van der Waals surface area contributed by atoms with Crippen LogP contribution in [0, 0.1) is 10.1 Å². The van der Waals surface area contributed by atoms with Crippen molar-refractivity contribution in [2.24, 2.45) is 0 Å². The molecule has 10 heteroatoms. The Morgan fingerprint density at radius 3 is 2.41 bits per heavy atom. The van der Waals surface area contributed by atoms with Gasteiger partial charge in [-0.15, -0.1) is 0 Å². The van der Waals surface area contributed by atoms with Crippen LogP contribution in [0.5, 0.6) is 0 Å². The highest BCUT2D eigenvalue weighted by molar-refractivity contribution is 7.89. The second-order valence-electron chi connectivity index (χ2n) is 7.33. The Morgan fingerprint density at radius 1 is 1.33 bits per heavy atom. The van der Waals surface area contributed by atoms with Crippen molar-refractivity contribution in [2.45, 2.75) is 50.7 Å². The Kier molecular flexibility index (Phi) is 6.10. The van der Waals surface area contributed by atoms with Crippen molar-refractivity contribution in [3.05, 3.63) is 34.4 Å². The number of likely N-dealkylation sites (tertiary alicyclic amines) is 1. The average molecular weight is 399 g/mol. The zero-order valence-corrected chi connectivity index (χ0v) is 16.7. The zero-order valence-electron chi connectivity index (χ0n) is 15.9. The van der Waals surface area contributed by atoms with Crippen molar-refractivity contribution >= 4 is 21.8 Å². The van der Waals surface area contributed by atoms with Crippen molar-refractivity contribution < 1.29 is 22.9 Å². The van der Waals surface area contributed by atoms with E-state index in [1.165, 1.54) is 33.5 Å². The van der Waals surface area contributed by atoms with Crippen molar-refractivity contribution in [1.82, 2.24) is 9.21 Å². The minimum atomic E-state index is -3.83. The predicted octanol–water partition coefficient (Wildman–Crippen LogP) is 2.61. The molecule has 1 amide bonds. The minimum Gasteiger partial charge on any atom is -0.444 e. The number of sulfonamides is 1. The number of hydrogen-bond acceptors (Lipinski definition) is 6. The quantitative estimate of drug-likeness (QED) is 0.556. The maximum Gasteiger partial charge on any atom is 0.410 e. The molecule has 0 radical (unpaired) electrons. The normalized spacial score (nSPS) is 18.0. The van der Waals surface area contributed by atoms with Gasteiger partial charge in [0.1, 0.15) is 5.60 Å². The van der Waals surface area contributed by atoms with E-state index in [4.69, 9.17) is 4.74 Å². The van der Waals surface area contributed by atoms with Gasteiger partial charge >= 0.3 is 6.09 Å². The van der Waals surface area contributed by atoms with E-state index in [1.807, 2.05) is 0 Å². The van der Waals surface area contributed by atoms with Gasteiger partial charge in [0.05, 0.1) is 9.82 Å². The van der Waals surface area contributed by atoms with Gasteiger partial charge in [0.2, 0.25) is 10.0 Å². The number of likely N-dealkylation sites (N-methyl/N-ethyl adjacent to an activating group) is 1. The zero-order chi connectivity index (χ0) is 20.4. The van der Waals surface area contributed by atoms with Crippen LogP contribution in [0.25, 0.3) is 0 Å². The van der Waals surface area contributed by atoms with Gasteiger partial charge in [0.25, 0.3) is 5.69 Å². The fraction of sp³-hybridized carbons (Fsp3) is 0.588. The van der Waals surface area contributed by atoms with Gasteiger partial charge in [-0.3, -0.25) is 10.1 Å². The summed E-state index contributed by atoms with van der Waals surface area (Å²) < 4.78 is 32.6. The molecule has 27 heavy (non-hydrogen) atoms. The second kappa shape index (κ2) is 7.81. The van der Waals surface area contributed by atoms with Gasteiger partial charge in [0, 0.05) is 37.8 Å². The summed E-state index contributed by atoms with van der Waals surface area (Å²) >= 11 is 0. The van der Waals surface area contributed by atoms with Gasteiger partial charge in [-0.25, -0.2) is 13.2 Å². The Morgan fingerprint density at radius 2 is 1.93 bits per heavy atom. The van der Waals surface area contributed by atoms with Crippen LogP contribution in [0.4, 0.5) is 10.5 Å². The standard InChI is InChI=1S/C17H25N3O6S/c1-5-19(14-10-11-18(12-14)16(21)26-17(2,3)4)27(24,25)15-8-6-13(7-9-15)20(22)23/h6-9,14H,5,10-12H2,1-4H3/t14-/m1/s1. The highest BCUT2D eigenvalue weighted by atomic mass is 32.2. The molecule has 150 valence electrons. The SMILES string of the molecule is CCN([C@@H]1CCN(C(=O)OC(C)(C)C)C1)S(=O)(=O)c1ccc([N+](=O)[O-])cc1. The number of nitrogens with zero attached hydrogens (tertiary/aromatic N) is 3. The predicted molar refractivity (Wildman–Crippen MR) is 98.9 cm³/mol. The lowest BCUT2D eigenvalue weighted by Crippen LogP contribution is -2.43. The summed E-state index contributed by atoms with van der Waals surface area (Å²) in [5, 5.41) is 10.8. The van der Waals surface area contributed by atoms with Gasteiger partial charge < -0.3 is 9.64 Å². The number of carbonyl (C=O) groups excluding carboxylic acids is 1. The van der Waals surface area contributed by atoms with Crippen molar-refractivity contribution in [2.75, 3.05) is 19.6 Å². The Labute approximate surface area is 159 Å². The van der Waals surface area contributed by atoms with E-state index in [0.29, 0.717) is 13.0 Å². The molecule has 2 rings (SSSR count). The van der Waals surface area contributed by atoms with Gasteiger partial charge in [-0.1, -0.05) is 6.92 Å². The fourth-order valence-electron chi connectivity index (χ4n) is 2.97.